The summed E-state index contributed by atoms with van der Waals surface area (Å²) in [7, 11) is 1.85. The first-order valence-electron chi connectivity index (χ1n) is 11.2. The molecule has 36 heavy (non-hydrogen) atoms. The summed E-state index contributed by atoms with van der Waals surface area (Å²) in [5, 5.41) is 12.1. The Balaban J connectivity index is 1.49. The Morgan fingerprint density at radius 2 is 1.86 bits per heavy atom. The standard InChI is InChI=1S/C25H20FN9O/c1-15(24-27-6-3-7-28-24)36-21-11-16(17-12-32-34(2)13-17)10-19-22(21)25(30-14-29-19)33-18-5-9-35-20(23(18)26)4-8-31-35/h3-15H,1-2H3,(H,29,30,33)/t15-/m1/s1. The topological polar surface area (TPSA) is 108 Å². The van der Waals surface area contributed by atoms with Gasteiger partial charge in [-0.05, 0) is 42.8 Å². The summed E-state index contributed by atoms with van der Waals surface area (Å²) in [6.45, 7) is 1.86. The van der Waals surface area contributed by atoms with Crippen molar-refractivity contribution < 1.29 is 9.13 Å². The number of nitrogens with one attached hydrogen (secondary N) is 1. The van der Waals surface area contributed by atoms with Gasteiger partial charge in [-0.1, -0.05) is 0 Å². The molecule has 0 amide bonds. The molecule has 1 atom stereocenters. The number of anilines is 2. The lowest BCUT2D eigenvalue weighted by Crippen LogP contribution is -2.08. The maximum Gasteiger partial charge on any atom is 0.172 e. The van der Waals surface area contributed by atoms with Gasteiger partial charge in [0.05, 0.1) is 29.0 Å². The largest absolute Gasteiger partial charge is 0.482 e. The molecule has 0 aliphatic heterocycles. The number of halogens is 1. The summed E-state index contributed by atoms with van der Waals surface area (Å²) in [5.74, 6) is 0.986. The number of hydrogen-bond donors (Lipinski definition) is 1. The molecule has 1 N–H and O–H groups in total. The van der Waals surface area contributed by atoms with Crippen molar-refractivity contribution in [2.45, 2.75) is 13.0 Å². The van der Waals surface area contributed by atoms with E-state index in [1.807, 2.05) is 32.3 Å². The molecule has 0 fully saturated rings. The van der Waals surface area contributed by atoms with Crippen LogP contribution >= 0.6 is 0 Å². The molecule has 10 nitrogen and oxygen atoms in total. The summed E-state index contributed by atoms with van der Waals surface area (Å²) in [6.07, 6.45) is 11.2. The number of pyridine rings is 1. The Morgan fingerprint density at radius 3 is 2.67 bits per heavy atom. The van der Waals surface area contributed by atoms with E-state index < -0.39 is 11.9 Å². The van der Waals surface area contributed by atoms with E-state index in [1.54, 1.807) is 53.9 Å². The number of hydrogen-bond acceptors (Lipinski definition) is 8. The Bertz CT molecular complexity index is 1700. The quantitative estimate of drug-likeness (QED) is 0.371. The monoisotopic (exact) mass is 481 g/mol. The molecule has 0 aliphatic rings. The summed E-state index contributed by atoms with van der Waals surface area (Å²) in [4.78, 5) is 17.5. The molecule has 11 heteroatoms. The van der Waals surface area contributed by atoms with Gasteiger partial charge < -0.3 is 10.1 Å². The Labute approximate surface area is 204 Å². The van der Waals surface area contributed by atoms with Crippen LogP contribution in [0.1, 0.15) is 18.9 Å². The first kappa shape index (κ1) is 21.6. The molecule has 0 radical (unpaired) electrons. The molecule has 0 unspecified atom stereocenters. The molecule has 6 aromatic rings. The molecule has 0 aliphatic carbocycles. The molecule has 5 aromatic heterocycles. The van der Waals surface area contributed by atoms with Gasteiger partial charge >= 0.3 is 0 Å². The molecule has 5 heterocycles. The van der Waals surface area contributed by atoms with Crippen molar-refractivity contribution in [3.05, 3.63) is 85.5 Å². The number of aromatic nitrogens is 8. The SMILES string of the molecule is C[C@@H](Oc1cc(-c2cnn(C)c2)cc2ncnc(Nc3ccn4nccc4c3F)c12)c1ncccn1. The lowest BCUT2D eigenvalue weighted by molar-refractivity contribution is 0.219. The fraction of sp³-hybridized carbons (Fsp3) is 0.120. The van der Waals surface area contributed by atoms with Crippen LogP contribution < -0.4 is 10.1 Å². The number of nitrogens with zero attached hydrogens (tertiary/aromatic N) is 8. The normalized spacial score (nSPS) is 12.2. The zero-order valence-corrected chi connectivity index (χ0v) is 19.4. The van der Waals surface area contributed by atoms with Crippen LogP contribution in [0.2, 0.25) is 0 Å². The molecular weight excluding hydrogens is 461 g/mol. The predicted molar refractivity (Wildman–Crippen MR) is 131 cm³/mol. The van der Waals surface area contributed by atoms with Gasteiger partial charge in [0.2, 0.25) is 0 Å². The van der Waals surface area contributed by atoms with Crippen LogP contribution in [0.15, 0.2) is 73.8 Å². The van der Waals surface area contributed by atoms with Crippen LogP contribution in [-0.2, 0) is 7.05 Å². The van der Waals surface area contributed by atoms with Crippen molar-refractivity contribution in [1.82, 2.24) is 39.3 Å². The predicted octanol–water partition coefficient (Wildman–Crippen LogP) is 4.49. The molecule has 1 aromatic carbocycles. The maximum absolute atomic E-state index is 15.2. The van der Waals surface area contributed by atoms with Crippen LogP contribution in [0.3, 0.4) is 0 Å². The van der Waals surface area contributed by atoms with Gasteiger partial charge in [-0.2, -0.15) is 10.2 Å². The van der Waals surface area contributed by atoms with E-state index in [1.165, 1.54) is 10.8 Å². The third-order valence-corrected chi connectivity index (χ3v) is 5.76. The lowest BCUT2D eigenvalue weighted by Gasteiger charge is -2.18. The van der Waals surface area contributed by atoms with Gasteiger partial charge in [0.1, 0.15) is 23.4 Å². The molecule has 0 saturated heterocycles. The summed E-state index contributed by atoms with van der Waals surface area (Å²) >= 11 is 0. The smallest absolute Gasteiger partial charge is 0.172 e. The highest BCUT2D eigenvalue weighted by Gasteiger charge is 2.19. The summed E-state index contributed by atoms with van der Waals surface area (Å²) < 4.78 is 24.7. The molecule has 0 bridgehead atoms. The molecule has 178 valence electrons. The first-order valence-corrected chi connectivity index (χ1v) is 11.2. The second kappa shape index (κ2) is 8.69. The van der Waals surface area contributed by atoms with E-state index in [9.17, 15) is 0 Å². The van der Waals surface area contributed by atoms with Gasteiger partial charge in [0.25, 0.3) is 0 Å². The lowest BCUT2D eigenvalue weighted by atomic mass is 10.1. The fourth-order valence-electron chi connectivity index (χ4n) is 4.03. The molecular formula is C25H20FN9O. The van der Waals surface area contributed by atoms with Crippen molar-refractivity contribution in [3.63, 3.8) is 0 Å². The zero-order valence-electron chi connectivity index (χ0n) is 19.4. The summed E-state index contributed by atoms with van der Waals surface area (Å²) in [5.41, 5.74) is 2.99. The number of fused-ring (bicyclic) bond motifs is 2. The third-order valence-electron chi connectivity index (χ3n) is 5.76. The van der Waals surface area contributed by atoms with Gasteiger partial charge in [-0.3, -0.25) is 4.68 Å². The van der Waals surface area contributed by atoms with E-state index in [0.717, 1.165) is 11.1 Å². The van der Waals surface area contributed by atoms with Crippen molar-refractivity contribution in [2.75, 3.05) is 5.32 Å². The van der Waals surface area contributed by atoms with Gasteiger partial charge in [-0.25, -0.2) is 28.8 Å². The van der Waals surface area contributed by atoms with E-state index >= 15 is 4.39 Å². The van der Waals surface area contributed by atoms with E-state index in [2.05, 4.69) is 35.5 Å². The van der Waals surface area contributed by atoms with E-state index in [0.29, 0.717) is 33.8 Å². The molecule has 0 saturated carbocycles. The van der Waals surface area contributed by atoms with Crippen LogP contribution in [0, 0.1) is 5.82 Å². The average Bonchev–Trinajstić information content (AvgIpc) is 3.55. The van der Waals surface area contributed by atoms with Gasteiger partial charge in [0, 0.05) is 37.4 Å². The number of aryl methyl sites for hydroxylation is 1. The van der Waals surface area contributed by atoms with E-state index in [-0.39, 0.29) is 5.69 Å². The van der Waals surface area contributed by atoms with Gasteiger partial charge in [-0.15, -0.1) is 0 Å². The minimum atomic E-state index is -0.466. The van der Waals surface area contributed by atoms with Crippen molar-refractivity contribution in [1.29, 1.82) is 0 Å². The van der Waals surface area contributed by atoms with Crippen LogP contribution in [0.4, 0.5) is 15.9 Å². The minimum Gasteiger partial charge on any atom is -0.482 e. The zero-order chi connectivity index (χ0) is 24.6. The number of ether oxygens (including phenoxy) is 1. The van der Waals surface area contributed by atoms with Crippen molar-refractivity contribution in [2.24, 2.45) is 7.05 Å². The van der Waals surface area contributed by atoms with Crippen molar-refractivity contribution >= 4 is 27.9 Å². The Kier molecular flexibility index (Phi) is 5.21. The van der Waals surface area contributed by atoms with E-state index in [4.69, 9.17) is 4.74 Å². The van der Waals surface area contributed by atoms with Crippen LogP contribution in [0.25, 0.3) is 27.5 Å². The maximum atomic E-state index is 15.2. The fourth-order valence-corrected chi connectivity index (χ4v) is 4.03. The second-order valence-corrected chi connectivity index (χ2v) is 8.19. The molecule has 6 rings (SSSR count). The number of rotatable bonds is 6. The highest BCUT2D eigenvalue weighted by atomic mass is 19.1. The molecule has 0 spiro atoms. The second-order valence-electron chi connectivity index (χ2n) is 8.19. The highest BCUT2D eigenvalue weighted by Crippen LogP contribution is 2.38. The van der Waals surface area contributed by atoms with Gasteiger partial charge in [0.15, 0.2) is 17.7 Å². The first-order chi connectivity index (χ1) is 17.6. The average molecular weight is 481 g/mol. The Hall–Kier alpha value is -4.93. The minimum absolute atomic E-state index is 0.254. The third kappa shape index (κ3) is 3.86. The highest BCUT2D eigenvalue weighted by molar-refractivity contribution is 5.98. The Morgan fingerprint density at radius 1 is 1.00 bits per heavy atom. The van der Waals surface area contributed by atoms with Crippen LogP contribution in [-0.4, -0.2) is 39.3 Å². The number of benzene rings is 1. The summed E-state index contributed by atoms with van der Waals surface area (Å²) in [6, 6.07) is 8.77. The van der Waals surface area contributed by atoms with Crippen molar-refractivity contribution in [3.8, 4) is 16.9 Å². The van der Waals surface area contributed by atoms with Crippen LogP contribution in [0.5, 0.6) is 5.75 Å².